The number of carbonyl (C=O) groups is 1. The van der Waals surface area contributed by atoms with Crippen molar-refractivity contribution in [1.29, 1.82) is 0 Å². The minimum absolute atomic E-state index is 0.211. The van der Waals surface area contributed by atoms with E-state index in [9.17, 15) is 9.90 Å². The summed E-state index contributed by atoms with van der Waals surface area (Å²) >= 11 is 0. The molecule has 2 bridgehead atoms. The molecule has 0 aromatic rings. The van der Waals surface area contributed by atoms with Crippen molar-refractivity contribution in [3.8, 4) is 0 Å². The highest BCUT2D eigenvalue weighted by Crippen LogP contribution is 2.47. The van der Waals surface area contributed by atoms with Crippen molar-refractivity contribution in [1.82, 2.24) is 0 Å². The van der Waals surface area contributed by atoms with Crippen molar-refractivity contribution in [2.75, 3.05) is 13.1 Å². The second-order valence-corrected chi connectivity index (χ2v) is 6.96. The summed E-state index contributed by atoms with van der Waals surface area (Å²) in [6.45, 7) is 8.96. The number of fused-ring (bicyclic) bond motifs is 2. The highest BCUT2D eigenvalue weighted by Gasteiger charge is 2.52. The lowest BCUT2D eigenvalue weighted by atomic mass is 9.65. The number of quaternary nitrogens is 1. The second-order valence-electron chi connectivity index (χ2n) is 6.96. The van der Waals surface area contributed by atoms with E-state index in [1.54, 1.807) is 0 Å². The van der Waals surface area contributed by atoms with Gasteiger partial charge in [0.25, 0.3) is 0 Å². The molecular formula is C13H23NO2. The van der Waals surface area contributed by atoms with Gasteiger partial charge in [-0.1, -0.05) is 20.8 Å². The maximum Gasteiger partial charge on any atom is 0.0887 e. The smallest absolute Gasteiger partial charge is 0.0887 e. The van der Waals surface area contributed by atoms with Gasteiger partial charge in [-0.3, -0.25) is 0 Å². The van der Waals surface area contributed by atoms with E-state index >= 15 is 0 Å². The van der Waals surface area contributed by atoms with Crippen LogP contribution in [0, 0.1) is 10.8 Å². The van der Waals surface area contributed by atoms with Crippen molar-refractivity contribution in [3.05, 3.63) is 0 Å². The van der Waals surface area contributed by atoms with Crippen LogP contribution in [0.3, 0.4) is 0 Å². The largest absolute Gasteiger partial charge is 0.550 e. The first-order valence-electron chi connectivity index (χ1n) is 6.34. The van der Waals surface area contributed by atoms with Gasteiger partial charge in [0, 0.05) is 30.6 Å². The average molecular weight is 225 g/mol. The molecule has 3 nitrogen and oxygen atoms in total. The SMILES string of the molecule is CC1(C)C[C@@H]2C[C@@](C)(C[NH+]2CCC(=O)[O-])C1. The molecule has 2 fully saturated rings. The van der Waals surface area contributed by atoms with E-state index < -0.39 is 5.97 Å². The highest BCUT2D eigenvalue weighted by molar-refractivity contribution is 5.64. The van der Waals surface area contributed by atoms with Gasteiger partial charge in [0.2, 0.25) is 0 Å². The molecule has 3 heteroatoms. The Balaban J connectivity index is 2.02. The molecule has 1 saturated carbocycles. The van der Waals surface area contributed by atoms with Crippen LogP contribution in [0.1, 0.15) is 46.5 Å². The van der Waals surface area contributed by atoms with Gasteiger partial charge in [0.1, 0.15) is 0 Å². The topological polar surface area (TPSA) is 44.6 Å². The van der Waals surface area contributed by atoms with Gasteiger partial charge < -0.3 is 14.8 Å². The molecule has 0 amide bonds. The second kappa shape index (κ2) is 3.73. The van der Waals surface area contributed by atoms with Crippen LogP contribution in [-0.2, 0) is 4.79 Å². The third-order valence-corrected chi connectivity index (χ3v) is 4.32. The number of nitrogens with one attached hydrogen (secondary N) is 1. The summed E-state index contributed by atoms with van der Waals surface area (Å²) in [6, 6.07) is 0.674. The Morgan fingerprint density at radius 3 is 2.69 bits per heavy atom. The van der Waals surface area contributed by atoms with Gasteiger partial charge >= 0.3 is 0 Å². The molecule has 1 unspecified atom stereocenters. The van der Waals surface area contributed by atoms with Crippen LogP contribution < -0.4 is 10.0 Å². The fourth-order valence-corrected chi connectivity index (χ4v) is 4.30. The zero-order valence-corrected chi connectivity index (χ0v) is 10.6. The number of likely N-dealkylation sites (tertiary alicyclic amines) is 1. The molecule has 2 aliphatic rings. The highest BCUT2D eigenvalue weighted by atomic mass is 16.4. The maximum absolute atomic E-state index is 10.5. The summed E-state index contributed by atoms with van der Waals surface area (Å²) in [4.78, 5) is 12.0. The molecule has 3 atom stereocenters. The fraction of sp³-hybridized carbons (Fsp3) is 0.923. The number of aliphatic carboxylic acids is 1. The Bertz CT molecular complexity index is 300. The molecule has 1 N–H and O–H groups in total. The summed E-state index contributed by atoms with van der Waals surface area (Å²) in [7, 11) is 0. The third kappa shape index (κ3) is 2.40. The minimum Gasteiger partial charge on any atom is -0.550 e. The molecule has 2 rings (SSSR count). The van der Waals surface area contributed by atoms with Crippen LogP contribution in [0.5, 0.6) is 0 Å². The van der Waals surface area contributed by atoms with Gasteiger partial charge in [0.15, 0.2) is 0 Å². The lowest BCUT2D eigenvalue weighted by Crippen LogP contribution is -3.14. The predicted octanol–water partition coefficient (Wildman–Crippen LogP) is -0.390. The summed E-state index contributed by atoms with van der Waals surface area (Å²) in [5, 5.41) is 10.5. The summed E-state index contributed by atoms with van der Waals surface area (Å²) in [5.74, 6) is -0.904. The van der Waals surface area contributed by atoms with Crippen LogP contribution >= 0.6 is 0 Å². The summed E-state index contributed by atoms with van der Waals surface area (Å²) in [5.41, 5.74) is 0.870. The van der Waals surface area contributed by atoms with E-state index in [0.29, 0.717) is 16.9 Å². The first-order chi connectivity index (χ1) is 7.30. The first-order valence-corrected chi connectivity index (χ1v) is 6.34. The average Bonchev–Trinajstić information content (AvgIpc) is 2.31. The predicted molar refractivity (Wildman–Crippen MR) is 59.8 cm³/mol. The van der Waals surface area contributed by atoms with Crippen LogP contribution in [-0.4, -0.2) is 25.1 Å². The van der Waals surface area contributed by atoms with E-state index in [1.807, 2.05) is 0 Å². The van der Waals surface area contributed by atoms with Crippen LogP contribution in [0.2, 0.25) is 0 Å². The Labute approximate surface area is 97.8 Å². The molecule has 0 radical (unpaired) electrons. The molecule has 16 heavy (non-hydrogen) atoms. The molecule has 0 aromatic heterocycles. The molecule has 1 heterocycles. The molecule has 0 spiro atoms. The Kier molecular flexibility index (Phi) is 2.77. The zero-order valence-electron chi connectivity index (χ0n) is 10.6. The van der Waals surface area contributed by atoms with Crippen LogP contribution in [0.25, 0.3) is 0 Å². The van der Waals surface area contributed by atoms with Crippen LogP contribution in [0.15, 0.2) is 0 Å². The standard InChI is InChI=1S/C13H23NO2/c1-12(2)6-10-7-13(3,8-12)9-14(10)5-4-11(15)16/h10H,4-9H2,1-3H3,(H,15,16)/t10-,13-/m1/s1. The number of rotatable bonds is 3. The first kappa shape index (κ1) is 11.9. The Morgan fingerprint density at radius 1 is 1.38 bits per heavy atom. The number of carboxylic acids is 1. The fourth-order valence-electron chi connectivity index (χ4n) is 4.30. The van der Waals surface area contributed by atoms with Gasteiger partial charge in [-0.15, -0.1) is 0 Å². The Hall–Kier alpha value is -0.570. The number of hydrogen-bond donors (Lipinski definition) is 1. The van der Waals surface area contributed by atoms with E-state index in [1.165, 1.54) is 24.2 Å². The molecule has 1 saturated heterocycles. The van der Waals surface area contributed by atoms with Crippen molar-refractivity contribution in [2.45, 2.75) is 52.5 Å². The maximum atomic E-state index is 10.5. The molecule has 0 aromatic carbocycles. The van der Waals surface area contributed by atoms with Gasteiger partial charge in [-0.2, -0.15) is 0 Å². The lowest BCUT2D eigenvalue weighted by Gasteiger charge is -2.37. The molecule has 92 valence electrons. The van der Waals surface area contributed by atoms with E-state index in [2.05, 4.69) is 20.8 Å². The van der Waals surface area contributed by atoms with E-state index in [4.69, 9.17) is 0 Å². The third-order valence-electron chi connectivity index (χ3n) is 4.32. The number of carboxylic acid groups (broad SMARTS) is 1. The normalized spacial score (nSPS) is 40.9. The van der Waals surface area contributed by atoms with Crippen molar-refractivity contribution < 1.29 is 14.8 Å². The summed E-state index contributed by atoms with van der Waals surface area (Å²) < 4.78 is 0. The van der Waals surface area contributed by atoms with Gasteiger partial charge in [-0.25, -0.2) is 0 Å². The number of hydrogen-bond acceptors (Lipinski definition) is 2. The van der Waals surface area contributed by atoms with Gasteiger partial charge in [0.05, 0.1) is 19.1 Å². The summed E-state index contributed by atoms with van der Waals surface area (Å²) in [6.07, 6.45) is 4.01. The van der Waals surface area contributed by atoms with Crippen LogP contribution in [0.4, 0.5) is 0 Å². The number of carbonyl (C=O) groups excluding carboxylic acids is 1. The van der Waals surface area contributed by atoms with E-state index in [-0.39, 0.29) is 6.42 Å². The monoisotopic (exact) mass is 225 g/mol. The molecule has 1 aliphatic heterocycles. The molecular weight excluding hydrogens is 202 g/mol. The van der Waals surface area contributed by atoms with Crippen molar-refractivity contribution in [2.24, 2.45) is 10.8 Å². The lowest BCUT2D eigenvalue weighted by molar-refractivity contribution is -0.914. The van der Waals surface area contributed by atoms with Crippen molar-refractivity contribution in [3.63, 3.8) is 0 Å². The van der Waals surface area contributed by atoms with Gasteiger partial charge in [-0.05, 0) is 11.8 Å². The van der Waals surface area contributed by atoms with Crippen molar-refractivity contribution >= 4 is 5.97 Å². The molecule has 1 aliphatic carbocycles. The Morgan fingerprint density at radius 2 is 2.06 bits per heavy atom. The van der Waals surface area contributed by atoms with E-state index in [0.717, 1.165) is 13.1 Å². The zero-order chi connectivity index (χ0) is 12.0. The minimum atomic E-state index is -0.904. The quantitative estimate of drug-likeness (QED) is 0.711.